The maximum Gasteiger partial charge on any atom is 0.303 e. The Bertz CT molecular complexity index is 243. The Morgan fingerprint density at radius 3 is 3.00 bits per heavy atom. The number of hydrogen-bond acceptors (Lipinski definition) is 3. The molecule has 0 bridgehead atoms. The number of aliphatic carboxylic acids is 1. The van der Waals surface area contributed by atoms with Gasteiger partial charge in [0.2, 0.25) is 5.91 Å². The summed E-state index contributed by atoms with van der Waals surface area (Å²) in [7, 11) is 0. The van der Waals surface area contributed by atoms with Gasteiger partial charge in [-0.25, -0.2) is 0 Å². The van der Waals surface area contributed by atoms with Crippen LogP contribution < -0.4 is 5.32 Å². The van der Waals surface area contributed by atoms with Gasteiger partial charge in [-0.2, -0.15) is 0 Å². The molecule has 0 aliphatic carbocycles. The van der Waals surface area contributed by atoms with E-state index in [9.17, 15) is 9.59 Å². The lowest BCUT2D eigenvalue weighted by Crippen LogP contribution is -2.36. The van der Waals surface area contributed by atoms with Crippen molar-refractivity contribution in [2.75, 3.05) is 19.6 Å². The van der Waals surface area contributed by atoms with Crippen LogP contribution in [0.1, 0.15) is 26.2 Å². The summed E-state index contributed by atoms with van der Waals surface area (Å²) in [6.45, 7) is 4.22. The zero-order valence-corrected chi connectivity index (χ0v) is 9.03. The number of nitrogens with one attached hydrogen (secondary N) is 1. The highest BCUT2D eigenvalue weighted by Crippen LogP contribution is 2.08. The number of nitrogens with zero attached hydrogens (tertiary/aromatic N) is 1. The molecule has 1 aliphatic heterocycles. The van der Waals surface area contributed by atoms with Crippen LogP contribution in [0.4, 0.5) is 0 Å². The van der Waals surface area contributed by atoms with Gasteiger partial charge < -0.3 is 10.4 Å². The van der Waals surface area contributed by atoms with Gasteiger partial charge in [0.25, 0.3) is 0 Å². The fraction of sp³-hybridized carbons (Fsp3) is 0.800. The molecular weight excluding hydrogens is 196 g/mol. The van der Waals surface area contributed by atoms with Gasteiger partial charge in [0.15, 0.2) is 0 Å². The molecule has 2 N–H and O–H groups in total. The van der Waals surface area contributed by atoms with Gasteiger partial charge in [0, 0.05) is 38.5 Å². The first-order valence-corrected chi connectivity index (χ1v) is 5.32. The van der Waals surface area contributed by atoms with E-state index in [4.69, 9.17) is 5.11 Å². The van der Waals surface area contributed by atoms with Gasteiger partial charge in [-0.1, -0.05) is 0 Å². The van der Waals surface area contributed by atoms with E-state index < -0.39 is 5.97 Å². The smallest absolute Gasteiger partial charge is 0.303 e. The van der Waals surface area contributed by atoms with Crippen molar-refractivity contribution in [1.82, 2.24) is 10.2 Å². The van der Waals surface area contributed by atoms with E-state index in [2.05, 4.69) is 10.2 Å². The Kier molecular flexibility index (Phi) is 4.55. The summed E-state index contributed by atoms with van der Waals surface area (Å²) in [5.74, 6) is -0.672. The van der Waals surface area contributed by atoms with E-state index in [0.717, 1.165) is 13.1 Å². The van der Waals surface area contributed by atoms with Crippen molar-refractivity contribution < 1.29 is 14.7 Å². The number of carboxylic acids is 1. The monoisotopic (exact) mass is 214 g/mol. The first kappa shape index (κ1) is 12.0. The van der Waals surface area contributed by atoms with Crippen LogP contribution in [0.2, 0.25) is 0 Å². The zero-order chi connectivity index (χ0) is 11.3. The first-order valence-electron chi connectivity index (χ1n) is 5.32. The average molecular weight is 214 g/mol. The Balaban J connectivity index is 2.34. The number of carbonyl (C=O) groups excluding carboxylic acids is 1. The first-order chi connectivity index (χ1) is 7.09. The molecule has 5 nitrogen and oxygen atoms in total. The Morgan fingerprint density at radius 1 is 1.60 bits per heavy atom. The Morgan fingerprint density at radius 2 is 2.33 bits per heavy atom. The SMILES string of the molecule is CC(CCC(=O)O)N1CCNC(=O)CC1. The van der Waals surface area contributed by atoms with Crippen LogP contribution in [-0.2, 0) is 9.59 Å². The van der Waals surface area contributed by atoms with Crippen LogP contribution in [-0.4, -0.2) is 47.6 Å². The molecule has 0 spiro atoms. The number of carbonyl (C=O) groups is 2. The lowest BCUT2D eigenvalue weighted by molar-refractivity contribution is -0.137. The molecule has 0 aromatic rings. The van der Waals surface area contributed by atoms with Crippen LogP contribution in [0.15, 0.2) is 0 Å². The van der Waals surface area contributed by atoms with Gasteiger partial charge in [-0.3, -0.25) is 14.5 Å². The predicted octanol–water partition coefficient (Wildman–Crippen LogP) is 0.0616. The molecule has 1 heterocycles. The van der Waals surface area contributed by atoms with Crippen molar-refractivity contribution in [3.05, 3.63) is 0 Å². The van der Waals surface area contributed by atoms with Gasteiger partial charge in [-0.05, 0) is 13.3 Å². The fourth-order valence-electron chi connectivity index (χ4n) is 1.74. The number of hydrogen-bond donors (Lipinski definition) is 2. The average Bonchev–Trinajstić information content (AvgIpc) is 2.39. The molecule has 0 aromatic carbocycles. The molecule has 1 rings (SSSR count). The van der Waals surface area contributed by atoms with Crippen LogP contribution in [0.5, 0.6) is 0 Å². The van der Waals surface area contributed by atoms with Gasteiger partial charge in [0.1, 0.15) is 0 Å². The maximum absolute atomic E-state index is 11.1. The topological polar surface area (TPSA) is 69.6 Å². The second kappa shape index (κ2) is 5.70. The van der Waals surface area contributed by atoms with Crippen LogP contribution >= 0.6 is 0 Å². The summed E-state index contributed by atoms with van der Waals surface area (Å²) in [6, 6.07) is 0.230. The highest BCUT2D eigenvalue weighted by atomic mass is 16.4. The van der Waals surface area contributed by atoms with Crippen LogP contribution in [0, 0.1) is 0 Å². The lowest BCUT2D eigenvalue weighted by Gasteiger charge is -2.26. The minimum atomic E-state index is -0.758. The third-order valence-corrected chi connectivity index (χ3v) is 2.75. The molecule has 0 aromatic heterocycles. The van der Waals surface area contributed by atoms with Gasteiger partial charge in [-0.15, -0.1) is 0 Å². The van der Waals surface area contributed by atoms with Crippen molar-refractivity contribution in [1.29, 1.82) is 0 Å². The summed E-state index contributed by atoms with van der Waals surface area (Å²) in [5, 5.41) is 11.4. The van der Waals surface area contributed by atoms with Gasteiger partial charge >= 0.3 is 5.97 Å². The molecular formula is C10H18N2O3. The Labute approximate surface area is 89.4 Å². The molecule has 1 unspecified atom stereocenters. The second-order valence-electron chi connectivity index (χ2n) is 3.92. The Hall–Kier alpha value is -1.10. The predicted molar refractivity (Wildman–Crippen MR) is 55.5 cm³/mol. The standard InChI is InChI=1S/C10H18N2O3/c1-8(2-3-10(14)15)12-6-4-9(13)11-5-7-12/h8H,2-7H2,1H3,(H,11,13)(H,14,15). The van der Waals surface area contributed by atoms with Crippen LogP contribution in [0.3, 0.4) is 0 Å². The van der Waals surface area contributed by atoms with Crippen molar-refractivity contribution in [3.8, 4) is 0 Å². The molecule has 15 heavy (non-hydrogen) atoms. The van der Waals surface area contributed by atoms with Crippen LogP contribution in [0.25, 0.3) is 0 Å². The molecule has 1 fully saturated rings. The minimum Gasteiger partial charge on any atom is -0.481 e. The number of amides is 1. The lowest BCUT2D eigenvalue weighted by atomic mass is 10.1. The van der Waals surface area contributed by atoms with Crippen molar-refractivity contribution in [3.63, 3.8) is 0 Å². The number of rotatable bonds is 4. The molecule has 1 amide bonds. The third-order valence-electron chi connectivity index (χ3n) is 2.75. The van der Waals surface area contributed by atoms with Crippen molar-refractivity contribution in [2.24, 2.45) is 0 Å². The molecule has 0 radical (unpaired) electrons. The van der Waals surface area contributed by atoms with E-state index in [1.807, 2.05) is 6.92 Å². The summed E-state index contributed by atoms with van der Waals surface area (Å²) >= 11 is 0. The minimum absolute atomic E-state index is 0.0861. The van der Waals surface area contributed by atoms with E-state index >= 15 is 0 Å². The highest BCUT2D eigenvalue weighted by molar-refractivity contribution is 5.76. The molecule has 5 heteroatoms. The zero-order valence-electron chi connectivity index (χ0n) is 9.03. The normalized spacial score (nSPS) is 20.5. The van der Waals surface area contributed by atoms with Crippen molar-refractivity contribution >= 4 is 11.9 Å². The highest BCUT2D eigenvalue weighted by Gasteiger charge is 2.18. The second-order valence-corrected chi connectivity index (χ2v) is 3.92. The largest absolute Gasteiger partial charge is 0.481 e. The van der Waals surface area contributed by atoms with E-state index in [0.29, 0.717) is 19.4 Å². The summed E-state index contributed by atoms with van der Waals surface area (Å²) in [6.07, 6.45) is 1.35. The molecule has 86 valence electrons. The van der Waals surface area contributed by atoms with E-state index in [1.54, 1.807) is 0 Å². The fourth-order valence-corrected chi connectivity index (χ4v) is 1.74. The quantitative estimate of drug-likeness (QED) is 0.694. The molecule has 1 atom stereocenters. The summed E-state index contributed by atoms with van der Waals surface area (Å²) < 4.78 is 0. The molecule has 1 aliphatic rings. The summed E-state index contributed by atoms with van der Waals surface area (Å²) in [4.78, 5) is 23.7. The third kappa shape index (κ3) is 4.29. The van der Waals surface area contributed by atoms with E-state index in [-0.39, 0.29) is 18.4 Å². The van der Waals surface area contributed by atoms with Crippen molar-refractivity contribution in [2.45, 2.75) is 32.2 Å². The summed E-state index contributed by atoms with van der Waals surface area (Å²) in [5.41, 5.74) is 0. The van der Waals surface area contributed by atoms with Gasteiger partial charge in [0.05, 0.1) is 0 Å². The number of carboxylic acid groups (broad SMARTS) is 1. The van der Waals surface area contributed by atoms with E-state index in [1.165, 1.54) is 0 Å². The molecule has 0 saturated carbocycles. The molecule has 1 saturated heterocycles. The maximum atomic E-state index is 11.1.